The third-order valence-electron chi connectivity index (χ3n) is 4.65. The molecular weight excluding hydrogens is 373 g/mol. The summed E-state index contributed by atoms with van der Waals surface area (Å²) in [7, 11) is 1.78. The van der Waals surface area contributed by atoms with E-state index in [2.05, 4.69) is 0 Å². The van der Waals surface area contributed by atoms with Crippen molar-refractivity contribution in [1.29, 1.82) is 0 Å². The molecular formula is C19H19ClFN3O3. The lowest BCUT2D eigenvalue weighted by Gasteiger charge is -2.21. The Morgan fingerprint density at radius 3 is 2.59 bits per heavy atom. The Hall–Kier alpha value is -2.67. The van der Waals surface area contributed by atoms with Gasteiger partial charge in [0.25, 0.3) is 11.6 Å². The van der Waals surface area contributed by atoms with Gasteiger partial charge in [0.05, 0.1) is 9.95 Å². The first-order chi connectivity index (χ1) is 12.9. The Bertz CT molecular complexity index is 884. The van der Waals surface area contributed by atoms with Crippen LogP contribution in [0.5, 0.6) is 0 Å². The Balaban J connectivity index is 1.88. The standard InChI is InChI=1S/C19H19ClFN3O3/c1-22(12-13-4-6-16(20)17(21)10-13)14-5-7-18(24(26)27)15(11-14)19(25)23-8-2-3-9-23/h4-7,10-11H,2-3,8-9,12H2,1H3. The number of carbonyl (C=O) groups excluding carboxylic acids is 1. The van der Waals surface area contributed by atoms with E-state index in [4.69, 9.17) is 11.6 Å². The highest BCUT2D eigenvalue weighted by Gasteiger charge is 2.27. The summed E-state index contributed by atoms with van der Waals surface area (Å²) in [5.41, 5.74) is 1.21. The molecule has 1 aliphatic heterocycles. The fraction of sp³-hybridized carbons (Fsp3) is 0.316. The molecule has 0 spiro atoms. The topological polar surface area (TPSA) is 66.7 Å². The highest BCUT2D eigenvalue weighted by atomic mass is 35.5. The summed E-state index contributed by atoms with van der Waals surface area (Å²) in [6.07, 6.45) is 1.81. The molecule has 0 aromatic heterocycles. The van der Waals surface area contributed by atoms with Crippen LogP contribution in [0, 0.1) is 15.9 Å². The summed E-state index contributed by atoms with van der Waals surface area (Å²) in [5, 5.41) is 11.4. The Labute approximate surface area is 161 Å². The van der Waals surface area contributed by atoms with Crippen LogP contribution in [0.4, 0.5) is 15.8 Å². The van der Waals surface area contributed by atoms with Crippen LogP contribution >= 0.6 is 11.6 Å². The number of likely N-dealkylation sites (tertiary alicyclic amines) is 1. The molecule has 1 heterocycles. The van der Waals surface area contributed by atoms with Gasteiger partial charge in [0.2, 0.25) is 0 Å². The van der Waals surface area contributed by atoms with Crippen LogP contribution in [0.3, 0.4) is 0 Å². The highest BCUT2D eigenvalue weighted by Crippen LogP contribution is 2.28. The van der Waals surface area contributed by atoms with Crippen molar-refractivity contribution in [2.45, 2.75) is 19.4 Å². The van der Waals surface area contributed by atoms with Gasteiger partial charge in [-0.1, -0.05) is 17.7 Å². The fourth-order valence-electron chi connectivity index (χ4n) is 3.19. The van der Waals surface area contributed by atoms with Gasteiger partial charge >= 0.3 is 0 Å². The number of hydrogen-bond donors (Lipinski definition) is 0. The summed E-state index contributed by atoms with van der Waals surface area (Å²) < 4.78 is 13.6. The largest absolute Gasteiger partial charge is 0.370 e. The molecule has 6 nitrogen and oxygen atoms in total. The molecule has 1 saturated heterocycles. The predicted octanol–water partition coefficient (Wildman–Crippen LogP) is 4.26. The number of nitrogens with zero attached hydrogens (tertiary/aromatic N) is 3. The molecule has 0 bridgehead atoms. The first kappa shape index (κ1) is 19.1. The number of nitro groups is 1. The minimum Gasteiger partial charge on any atom is -0.370 e. The van der Waals surface area contributed by atoms with Crippen molar-refractivity contribution < 1.29 is 14.1 Å². The monoisotopic (exact) mass is 391 g/mol. The number of nitro benzene ring substituents is 1. The zero-order chi connectivity index (χ0) is 19.6. The number of amides is 1. The van der Waals surface area contributed by atoms with Gasteiger partial charge in [0.1, 0.15) is 11.4 Å². The van der Waals surface area contributed by atoms with E-state index in [0.717, 1.165) is 12.8 Å². The molecule has 0 atom stereocenters. The van der Waals surface area contributed by atoms with E-state index in [0.29, 0.717) is 30.9 Å². The lowest BCUT2D eigenvalue weighted by atomic mass is 10.1. The summed E-state index contributed by atoms with van der Waals surface area (Å²) >= 11 is 5.70. The van der Waals surface area contributed by atoms with Crippen LogP contribution in [-0.2, 0) is 6.54 Å². The Morgan fingerprint density at radius 2 is 1.96 bits per heavy atom. The lowest BCUT2D eigenvalue weighted by Crippen LogP contribution is -2.28. The quantitative estimate of drug-likeness (QED) is 0.564. The lowest BCUT2D eigenvalue weighted by molar-refractivity contribution is -0.385. The van der Waals surface area contributed by atoms with Gasteiger partial charge < -0.3 is 9.80 Å². The van der Waals surface area contributed by atoms with Crippen molar-refractivity contribution in [2.24, 2.45) is 0 Å². The van der Waals surface area contributed by atoms with E-state index in [1.165, 1.54) is 24.3 Å². The smallest absolute Gasteiger partial charge is 0.282 e. The number of rotatable bonds is 5. The zero-order valence-electron chi connectivity index (χ0n) is 14.8. The minimum atomic E-state index is -0.540. The molecule has 1 amide bonds. The molecule has 8 heteroatoms. The molecule has 142 valence electrons. The fourth-order valence-corrected chi connectivity index (χ4v) is 3.30. The Kier molecular flexibility index (Phi) is 5.60. The third-order valence-corrected chi connectivity index (χ3v) is 4.95. The van der Waals surface area contributed by atoms with Crippen molar-refractivity contribution in [1.82, 2.24) is 4.90 Å². The predicted molar refractivity (Wildman–Crippen MR) is 102 cm³/mol. The maximum atomic E-state index is 13.6. The average molecular weight is 392 g/mol. The van der Waals surface area contributed by atoms with Gasteiger partial charge in [-0.15, -0.1) is 0 Å². The number of halogens is 2. The number of carbonyl (C=O) groups is 1. The normalized spacial score (nSPS) is 13.7. The van der Waals surface area contributed by atoms with Gasteiger partial charge in [-0.3, -0.25) is 14.9 Å². The average Bonchev–Trinajstić information content (AvgIpc) is 3.18. The van der Waals surface area contributed by atoms with Crippen molar-refractivity contribution in [3.63, 3.8) is 0 Å². The van der Waals surface area contributed by atoms with Crippen LogP contribution in [0.25, 0.3) is 0 Å². The second kappa shape index (κ2) is 7.92. The summed E-state index contributed by atoms with van der Waals surface area (Å²) in [6.45, 7) is 1.59. The molecule has 2 aromatic rings. The molecule has 3 rings (SSSR count). The van der Waals surface area contributed by atoms with Crippen molar-refractivity contribution in [3.05, 3.63) is 68.5 Å². The molecule has 27 heavy (non-hydrogen) atoms. The van der Waals surface area contributed by atoms with E-state index in [-0.39, 0.29) is 22.2 Å². The van der Waals surface area contributed by atoms with Gasteiger partial charge in [0.15, 0.2) is 0 Å². The second-order valence-electron chi connectivity index (χ2n) is 6.56. The first-order valence-corrected chi connectivity index (χ1v) is 8.97. The van der Waals surface area contributed by atoms with E-state index in [1.807, 2.05) is 0 Å². The number of anilines is 1. The molecule has 0 unspecified atom stereocenters. The van der Waals surface area contributed by atoms with Crippen LogP contribution in [-0.4, -0.2) is 35.9 Å². The van der Waals surface area contributed by atoms with Gasteiger partial charge in [-0.25, -0.2) is 4.39 Å². The van der Waals surface area contributed by atoms with Crippen molar-refractivity contribution >= 4 is 28.9 Å². The molecule has 2 aromatic carbocycles. The SMILES string of the molecule is CN(Cc1ccc(Cl)c(F)c1)c1ccc([N+](=O)[O-])c(C(=O)N2CCCC2)c1. The highest BCUT2D eigenvalue weighted by molar-refractivity contribution is 6.30. The third kappa shape index (κ3) is 4.19. The van der Waals surface area contributed by atoms with Crippen LogP contribution < -0.4 is 4.90 Å². The molecule has 0 aliphatic carbocycles. The summed E-state index contributed by atoms with van der Waals surface area (Å²) in [5.74, 6) is -0.830. The zero-order valence-corrected chi connectivity index (χ0v) is 15.6. The van der Waals surface area contributed by atoms with Crippen LogP contribution in [0.15, 0.2) is 36.4 Å². The van der Waals surface area contributed by atoms with E-state index in [9.17, 15) is 19.3 Å². The van der Waals surface area contributed by atoms with Crippen LogP contribution in [0.1, 0.15) is 28.8 Å². The van der Waals surface area contributed by atoms with E-state index < -0.39 is 10.7 Å². The van der Waals surface area contributed by atoms with Crippen molar-refractivity contribution in [3.8, 4) is 0 Å². The Morgan fingerprint density at radius 1 is 1.26 bits per heavy atom. The van der Waals surface area contributed by atoms with Crippen molar-refractivity contribution in [2.75, 3.05) is 25.0 Å². The second-order valence-corrected chi connectivity index (χ2v) is 6.97. The van der Waals surface area contributed by atoms with E-state index in [1.54, 1.807) is 29.0 Å². The minimum absolute atomic E-state index is 0.0511. The van der Waals surface area contributed by atoms with Gasteiger partial charge in [-0.2, -0.15) is 0 Å². The molecule has 0 saturated carbocycles. The maximum Gasteiger partial charge on any atom is 0.282 e. The summed E-state index contributed by atoms with van der Waals surface area (Å²) in [4.78, 5) is 27.0. The molecule has 0 radical (unpaired) electrons. The number of benzene rings is 2. The van der Waals surface area contributed by atoms with Gasteiger partial charge in [0, 0.05) is 38.4 Å². The number of hydrogen-bond acceptors (Lipinski definition) is 4. The molecule has 0 N–H and O–H groups in total. The summed E-state index contributed by atoms with van der Waals surface area (Å²) in [6, 6.07) is 9.01. The maximum absolute atomic E-state index is 13.6. The van der Waals surface area contributed by atoms with E-state index >= 15 is 0 Å². The molecule has 1 aliphatic rings. The van der Waals surface area contributed by atoms with Gasteiger partial charge in [-0.05, 0) is 42.7 Å². The van der Waals surface area contributed by atoms with Crippen LogP contribution in [0.2, 0.25) is 5.02 Å². The molecule has 1 fully saturated rings. The first-order valence-electron chi connectivity index (χ1n) is 8.59.